The molecular formula is C6H5BBrFO2. The molecule has 0 aliphatic heterocycles. The van der Waals surface area contributed by atoms with Gasteiger partial charge in [-0.1, -0.05) is 22.0 Å². The van der Waals surface area contributed by atoms with Crippen molar-refractivity contribution < 1.29 is 14.4 Å². The Morgan fingerprint density at radius 1 is 1.36 bits per heavy atom. The van der Waals surface area contributed by atoms with Crippen molar-refractivity contribution in [3.8, 4) is 0 Å². The van der Waals surface area contributed by atoms with E-state index in [0.29, 0.717) is 4.47 Å². The van der Waals surface area contributed by atoms with Crippen molar-refractivity contribution in [3.63, 3.8) is 0 Å². The number of rotatable bonds is 1. The molecule has 0 heterocycles. The van der Waals surface area contributed by atoms with Crippen molar-refractivity contribution in [1.82, 2.24) is 0 Å². The molecule has 0 aromatic heterocycles. The summed E-state index contributed by atoms with van der Waals surface area (Å²) in [6.45, 7) is 0. The first-order valence-corrected chi connectivity index (χ1v) is 3.71. The van der Waals surface area contributed by atoms with Gasteiger partial charge in [0.15, 0.2) is 0 Å². The fourth-order valence-corrected chi connectivity index (χ4v) is 1.27. The van der Waals surface area contributed by atoms with E-state index >= 15 is 0 Å². The van der Waals surface area contributed by atoms with E-state index in [1.165, 1.54) is 18.2 Å². The monoisotopic (exact) mass is 218 g/mol. The first kappa shape index (κ1) is 8.71. The summed E-state index contributed by atoms with van der Waals surface area (Å²) in [4.78, 5) is 0. The van der Waals surface area contributed by atoms with Crippen LogP contribution in [0.15, 0.2) is 22.7 Å². The minimum absolute atomic E-state index is 0.256. The SMILES string of the molecule is OB(O)c1ccc(F)cc1Br. The van der Waals surface area contributed by atoms with Gasteiger partial charge in [-0.25, -0.2) is 4.39 Å². The predicted octanol–water partition coefficient (Wildman–Crippen LogP) is 0.268. The van der Waals surface area contributed by atoms with E-state index in [9.17, 15) is 4.39 Å². The van der Waals surface area contributed by atoms with Gasteiger partial charge in [-0.2, -0.15) is 0 Å². The molecule has 0 radical (unpaired) electrons. The second kappa shape index (κ2) is 3.34. The van der Waals surface area contributed by atoms with Crippen LogP contribution in [0, 0.1) is 5.82 Å². The number of benzene rings is 1. The van der Waals surface area contributed by atoms with Crippen LogP contribution in [0.2, 0.25) is 0 Å². The molecule has 11 heavy (non-hydrogen) atoms. The first-order chi connectivity index (χ1) is 5.11. The van der Waals surface area contributed by atoms with E-state index in [-0.39, 0.29) is 5.46 Å². The standard InChI is InChI=1S/C6H5BBrFO2/c8-6-3-4(9)1-2-5(6)7(10)11/h1-3,10-11H. The molecule has 1 rings (SSSR count). The fraction of sp³-hybridized carbons (Fsp3) is 0. The average Bonchev–Trinajstić information content (AvgIpc) is 1.85. The Bertz CT molecular complexity index is 267. The Hall–Kier alpha value is -0.385. The molecule has 0 aliphatic rings. The molecule has 0 saturated heterocycles. The highest BCUT2D eigenvalue weighted by Crippen LogP contribution is 2.08. The predicted molar refractivity (Wildman–Crippen MR) is 43.9 cm³/mol. The molecule has 1 aromatic rings. The van der Waals surface area contributed by atoms with E-state index in [0.717, 1.165) is 0 Å². The minimum atomic E-state index is -1.56. The van der Waals surface area contributed by atoms with Gasteiger partial charge in [0.2, 0.25) is 0 Å². The van der Waals surface area contributed by atoms with Gasteiger partial charge >= 0.3 is 7.12 Å². The largest absolute Gasteiger partial charge is 0.489 e. The van der Waals surface area contributed by atoms with E-state index in [1.807, 2.05) is 0 Å². The maximum Gasteiger partial charge on any atom is 0.489 e. The third-order valence-electron chi connectivity index (χ3n) is 1.24. The molecule has 0 amide bonds. The van der Waals surface area contributed by atoms with Crippen LogP contribution in [0.4, 0.5) is 4.39 Å². The molecule has 0 fully saturated rings. The molecular weight excluding hydrogens is 214 g/mol. The molecule has 0 aliphatic carbocycles. The van der Waals surface area contributed by atoms with Gasteiger partial charge in [0.05, 0.1) is 0 Å². The Balaban J connectivity index is 3.09. The zero-order valence-electron chi connectivity index (χ0n) is 5.46. The lowest BCUT2D eigenvalue weighted by atomic mass is 9.80. The van der Waals surface area contributed by atoms with Gasteiger partial charge in [-0.05, 0) is 17.6 Å². The normalized spacial score (nSPS) is 9.82. The summed E-state index contributed by atoms with van der Waals surface area (Å²) in [5.74, 6) is -0.415. The van der Waals surface area contributed by atoms with Crippen LogP contribution in [0.5, 0.6) is 0 Å². The van der Waals surface area contributed by atoms with E-state index < -0.39 is 12.9 Å². The zero-order valence-corrected chi connectivity index (χ0v) is 7.05. The highest BCUT2D eigenvalue weighted by molar-refractivity contribution is 9.10. The van der Waals surface area contributed by atoms with E-state index in [1.54, 1.807) is 0 Å². The summed E-state index contributed by atoms with van der Waals surface area (Å²) >= 11 is 2.99. The quantitative estimate of drug-likeness (QED) is 0.665. The Labute approximate surface area is 71.9 Å². The van der Waals surface area contributed by atoms with Crippen LogP contribution in [0.1, 0.15) is 0 Å². The summed E-state index contributed by atoms with van der Waals surface area (Å²) in [5, 5.41) is 17.4. The number of hydrogen-bond acceptors (Lipinski definition) is 2. The van der Waals surface area contributed by atoms with Crippen molar-refractivity contribution in [2.24, 2.45) is 0 Å². The topological polar surface area (TPSA) is 40.5 Å². The smallest absolute Gasteiger partial charge is 0.423 e. The van der Waals surface area contributed by atoms with Gasteiger partial charge in [0.25, 0.3) is 0 Å². The summed E-state index contributed by atoms with van der Waals surface area (Å²) < 4.78 is 12.8. The molecule has 0 bridgehead atoms. The Morgan fingerprint density at radius 2 is 2.00 bits per heavy atom. The summed E-state index contributed by atoms with van der Waals surface area (Å²) in [7, 11) is -1.56. The highest BCUT2D eigenvalue weighted by Gasteiger charge is 2.14. The van der Waals surface area contributed by atoms with Crippen LogP contribution < -0.4 is 5.46 Å². The van der Waals surface area contributed by atoms with E-state index in [2.05, 4.69) is 15.9 Å². The molecule has 0 atom stereocenters. The lowest BCUT2D eigenvalue weighted by Crippen LogP contribution is -2.30. The van der Waals surface area contributed by atoms with Crippen LogP contribution in [0.3, 0.4) is 0 Å². The third-order valence-corrected chi connectivity index (χ3v) is 1.93. The van der Waals surface area contributed by atoms with Crippen molar-refractivity contribution in [2.45, 2.75) is 0 Å². The fourth-order valence-electron chi connectivity index (χ4n) is 0.711. The second-order valence-corrected chi connectivity index (χ2v) is 2.89. The van der Waals surface area contributed by atoms with Gasteiger partial charge in [0.1, 0.15) is 5.82 Å². The molecule has 5 heteroatoms. The van der Waals surface area contributed by atoms with Crippen molar-refractivity contribution >= 4 is 28.5 Å². The first-order valence-electron chi connectivity index (χ1n) is 2.92. The van der Waals surface area contributed by atoms with Gasteiger partial charge in [-0.15, -0.1) is 0 Å². The van der Waals surface area contributed by atoms with Crippen molar-refractivity contribution in [3.05, 3.63) is 28.5 Å². The second-order valence-electron chi connectivity index (χ2n) is 2.04. The molecule has 2 nitrogen and oxygen atoms in total. The van der Waals surface area contributed by atoms with Crippen LogP contribution in [0.25, 0.3) is 0 Å². The summed E-state index contributed by atoms with van der Waals surface area (Å²) in [6, 6.07) is 3.65. The van der Waals surface area contributed by atoms with Crippen molar-refractivity contribution in [1.29, 1.82) is 0 Å². The minimum Gasteiger partial charge on any atom is -0.423 e. The average molecular weight is 219 g/mol. The zero-order chi connectivity index (χ0) is 8.43. The van der Waals surface area contributed by atoms with Gasteiger partial charge < -0.3 is 10.0 Å². The Kier molecular flexibility index (Phi) is 2.65. The van der Waals surface area contributed by atoms with Gasteiger partial charge in [0, 0.05) is 4.47 Å². The number of halogens is 2. The molecule has 58 valence electrons. The van der Waals surface area contributed by atoms with Crippen LogP contribution in [-0.2, 0) is 0 Å². The molecule has 0 saturated carbocycles. The molecule has 0 spiro atoms. The summed E-state index contributed by atoms with van der Waals surface area (Å²) in [6.07, 6.45) is 0. The highest BCUT2D eigenvalue weighted by atomic mass is 79.9. The maximum atomic E-state index is 12.4. The van der Waals surface area contributed by atoms with Crippen LogP contribution >= 0.6 is 15.9 Å². The van der Waals surface area contributed by atoms with Crippen LogP contribution in [-0.4, -0.2) is 17.2 Å². The third kappa shape index (κ3) is 2.02. The molecule has 2 N–H and O–H groups in total. The summed E-state index contributed by atoms with van der Waals surface area (Å²) in [5.41, 5.74) is 0.256. The maximum absolute atomic E-state index is 12.4. The lowest BCUT2D eigenvalue weighted by molar-refractivity contribution is 0.425. The van der Waals surface area contributed by atoms with E-state index in [4.69, 9.17) is 10.0 Å². The molecule has 0 unspecified atom stereocenters. The molecule has 1 aromatic carbocycles. The van der Waals surface area contributed by atoms with Gasteiger partial charge in [-0.3, -0.25) is 0 Å². The van der Waals surface area contributed by atoms with Crippen molar-refractivity contribution in [2.75, 3.05) is 0 Å². The number of hydrogen-bond donors (Lipinski definition) is 2. The Morgan fingerprint density at radius 3 is 2.45 bits per heavy atom. The lowest BCUT2D eigenvalue weighted by Gasteiger charge is -2.01.